The summed E-state index contributed by atoms with van der Waals surface area (Å²) in [7, 11) is 1.67. The van der Waals surface area contributed by atoms with Crippen LogP contribution >= 0.6 is 11.6 Å². The molecule has 0 fully saturated rings. The number of carbonyl (C=O) groups is 1. The zero-order valence-corrected chi connectivity index (χ0v) is 13.4. The van der Waals surface area contributed by atoms with Gasteiger partial charge in [0.25, 0.3) is 0 Å². The fraction of sp³-hybridized carbons (Fsp3) is 0.278. The van der Waals surface area contributed by atoms with Crippen LogP contribution in [0.4, 0.5) is 0 Å². The quantitative estimate of drug-likeness (QED) is 0.842. The molecule has 1 aliphatic heterocycles. The lowest BCUT2D eigenvalue weighted by molar-refractivity contribution is -0.130. The van der Waals surface area contributed by atoms with Crippen molar-refractivity contribution >= 4 is 17.5 Å². The van der Waals surface area contributed by atoms with E-state index in [1.807, 2.05) is 35.2 Å². The molecule has 4 heteroatoms. The molecule has 0 saturated heterocycles. The summed E-state index contributed by atoms with van der Waals surface area (Å²) in [6.45, 7) is 2.33. The molecule has 0 bridgehead atoms. The van der Waals surface area contributed by atoms with Crippen LogP contribution in [0.1, 0.15) is 29.7 Å². The number of ether oxygens (including phenoxy) is 1. The molecule has 1 heterocycles. The predicted molar refractivity (Wildman–Crippen MR) is 87.4 cm³/mol. The average molecular weight is 316 g/mol. The standard InChI is InChI=1S/C18H18ClNO2/c1-12(21)20-10-9-14-11-16(22-2)7-8-17(14)18(20)13-3-5-15(19)6-4-13/h3-8,11,18H,9-10H2,1-2H3. The van der Waals surface area contributed by atoms with Crippen LogP contribution in [-0.4, -0.2) is 24.5 Å². The van der Waals surface area contributed by atoms with Crippen LogP contribution in [0.3, 0.4) is 0 Å². The van der Waals surface area contributed by atoms with E-state index in [-0.39, 0.29) is 11.9 Å². The van der Waals surface area contributed by atoms with E-state index >= 15 is 0 Å². The third-order valence-corrected chi connectivity index (χ3v) is 4.42. The first kappa shape index (κ1) is 14.9. The molecule has 22 heavy (non-hydrogen) atoms. The summed E-state index contributed by atoms with van der Waals surface area (Å²) in [5.74, 6) is 0.936. The highest BCUT2D eigenvalue weighted by Gasteiger charge is 2.30. The van der Waals surface area contributed by atoms with Gasteiger partial charge in [0.1, 0.15) is 5.75 Å². The fourth-order valence-electron chi connectivity index (χ4n) is 3.07. The predicted octanol–water partition coefficient (Wildman–Crippen LogP) is 3.84. The van der Waals surface area contributed by atoms with E-state index in [4.69, 9.17) is 16.3 Å². The van der Waals surface area contributed by atoms with E-state index in [1.54, 1.807) is 14.0 Å². The minimum atomic E-state index is -0.0653. The molecule has 0 radical (unpaired) electrons. The second-order valence-corrected chi connectivity index (χ2v) is 5.92. The van der Waals surface area contributed by atoms with Crippen molar-refractivity contribution in [2.75, 3.05) is 13.7 Å². The molecule has 1 amide bonds. The zero-order chi connectivity index (χ0) is 15.7. The summed E-state index contributed by atoms with van der Waals surface area (Å²) < 4.78 is 5.31. The minimum Gasteiger partial charge on any atom is -0.497 e. The number of amides is 1. The number of fused-ring (bicyclic) bond motifs is 1. The second-order valence-electron chi connectivity index (χ2n) is 5.48. The number of halogens is 1. The van der Waals surface area contributed by atoms with Gasteiger partial charge in [-0.2, -0.15) is 0 Å². The summed E-state index contributed by atoms with van der Waals surface area (Å²) in [6, 6.07) is 13.7. The SMILES string of the molecule is COc1ccc2c(c1)CCN(C(C)=O)C2c1ccc(Cl)cc1. The number of hydrogen-bond donors (Lipinski definition) is 0. The summed E-state index contributed by atoms with van der Waals surface area (Å²) >= 11 is 5.99. The van der Waals surface area contributed by atoms with Gasteiger partial charge in [-0.15, -0.1) is 0 Å². The Balaban J connectivity index is 2.10. The van der Waals surface area contributed by atoms with Gasteiger partial charge in [-0.1, -0.05) is 29.8 Å². The monoisotopic (exact) mass is 315 g/mol. The number of benzene rings is 2. The summed E-state index contributed by atoms with van der Waals surface area (Å²) in [5.41, 5.74) is 3.46. The maximum atomic E-state index is 12.1. The minimum absolute atomic E-state index is 0.0653. The molecular formula is C18H18ClNO2. The van der Waals surface area contributed by atoms with E-state index in [0.29, 0.717) is 11.6 Å². The molecule has 0 spiro atoms. The molecule has 3 rings (SSSR count). The number of hydrogen-bond acceptors (Lipinski definition) is 2. The second kappa shape index (κ2) is 6.01. The van der Waals surface area contributed by atoms with E-state index < -0.39 is 0 Å². The van der Waals surface area contributed by atoms with Crippen LogP contribution in [0.25, 0.3) is 0 Å². The fourth-order valence-corrected chi connectivity index (χ4v) is 3.20. The smallest absolute Gasteiger partial charge is 0.220 e. The molecule has 0 aliphatic carbocycles. The largest absolute Gasteiger partial charge is 0.497 e. The Morgan fingerprint density at radius 2 is 1.95 bits per heavy atom. The van der Waals surface area contributed by atoms with Gasteiger partial charge in [0.15, 0.2) is 0 Å². The summed E-state index contributed by atoms with van der Waals surface area (Å²) in [4.78, 5) is 14.0. The first-order valence-electron chi connectivity index (χ1n) is 7.29. The summed E-state index contributed by atoms with van der Waals surface area (Å²) in [5, 5.41) is 0.698. The Hall–Kier alpha value is -2.00. The maximum absolute atomic E-state index is 12.1. The van der Waals surface area contributed by atoms with Gasteiger partial charge in [0.05, 0.1) is 13.2 Å². The van der Waals surface area contributed by atoms with Gasteiger partial charge in [-0.25, -0.2) is 0 Å². The van der Waals surface area contributed by atoms with Crippen molar-refractivity contribution in [1.82, 2.24) is 4.90 Å². The van der Waals surface area contributed by atoms with Crippen LogP contribution in [-0.2, 0) is 11.2 Å². The van der Waals surface area contributed by atoms with Crippen LogP contribution < -0.4 is 4.74 Å². The highest BCUT2D eigenvalue weighted by molar-refractivity contribution is 6.30. The van der Waals surface area contributed by atoms with Gasteiger partial charge >= 0.3 is 0 Å². The molecule has 2 aromatic carbocycles. The van der Waals surface area contributed by atoms with E-state index in [0.717, 1.165) is 23.3 Å². The number of methoxy groups -OCH3 is 1. The lowest BCUT2D eigenvalue weighted by atomic mass is 9.88. The normalized spacial score (nSPS) is 17.0. The van der Waals surface area contributed by atoms with Crippen LogP contribution in [0, 0.1) is 0 Å². The Labute approximate surface area is 135 Å². The average Bonchev–Trinajstić information content (AvgIpc) is 2.54. The molecular weight excluding hydrogens is 298 g/mol. The van der Waals surface area contributed by atoms with Crippen molar-refractivity contribution in [2.24, 2.45) is 0 Å². The van der Waals surface area contributed by atoms with Gasteiger partial charge in [-0.05, 0) is 47.4 Å². The Bertz CT molecular complexity index is 697. The Morgan fingerprint density at radius 1 is 1.23 bits per heavy atom. The highest BCUT2D eigenvalue weighted by atomic mass is 35.5. The van der Waals surface area contributed by atoms with Crippen LogP contribution in [0.2, 0.25) is 5.02 Å². The van der Waals surface area contributed by atoms with Crippen LogP contribution in [0.15, 0.2) is 42.5 Å². The van der Waals surface area contributed by atoms with E-state index in [2.05, 4.69) is 12.1 Å². The number of rotatable bonds is 2. The van der Waals surface area contributed by atoms with Gasteiger partial charge < -0.3 is 9.64 Å². The molecule has 2 aromatic rings. The Morgan fingerprint density at radius 3 is 2.59 bits per heavy atom. The summed E-state index contributed by atoms with van der Waals surface area (Å²) in [6.07, 6.45) is 0.843. The van der Waals surface area contributed by atoms with Gasteiger partial charge in [-0.3, -0.25) is 4.79 Å². The lowest BCUT2D eigenvalue weighted by Gasteiger charge is -2.37. The molecule has 0 saturated carbocycles. The zero-order valence-electron chi connectivity index (χ0n) is 12.7. The first-order valence-corrected chi connectivity index (χ1v) is 7.67. The van der Waals surface area contributed by atoms with Crippen LogP contribution in [0.5, 0.6) is 5.75 Å². The van der Waals surface area contributed by atoms with E-state index in [9.17, 15) is 4.79 Å². The van der Waals surface area contributed by atoms with Crippen molar-refractivity contribution < 1.29 is 9.53 Å². The molecule has 1 atom stereocenters. The molecule has 0 aromatic heterocycles. The Kier molecular flexibility index (Phi) is 4.08. The third-order valence-electron chi connectivity index (χ3n) is 4.17. The molecule has 0 N–H and O–H groups in total. The van der Waals surface area contributed by atoms with Crippen molar-refractivity contribution in [3.05, 3.63) is 64.2 Å². The molecule has 114 valence electrons. The number of nitrogens with zero attached hydrogens (tertiary/aromatic N) is 1. The molecule has 1 unspecified atom stereocenters. The van der Waals surface area contributed by atoms with Gasteiger partial charge in [0, 0.05) is 18.5 Å². The highest BCUT2D eigenvalue weighted by Crippen LogP contribution is 2.37. The topological polar surface area (TPSA) is 29.5 Å². The lowest BCUT2D eigenvalue weighted by Crippen LogP contribution is -2.39. The molecule has 3 nitrogen and oxygen atoms in total. The third kappa shape index (κ3) is 2.69. The molecule has 1 aliphatic rings. The van der Waals surface area contributed by atoms with Crippen molar-refractivity contribution in [1.29, 1.82) is 0 Å². The first-order chi connectivity index (χ1) is 10.6. The number of carbonyl (C=O) groups excluding carboxylic acids is 1. The van der Waals surface area contributed by atoms with Gasteiger partial charge in [0.2, 0.25) is 5.91 Å². The van der Waals surface area contributed by atoms with Crippen molar-refractivity contribution in [3.63, 3.8) is 0 Å². The van der Waals surface area contributed by atoms with Crippen molar-refractivity contribution in [2.45, 2.75) is 19.4 Å². The van der Waals surface area contributed by atoms with E-state index in [1.165, 1.54) is 5.56 Å². The maximum Gasteiger partial charge on any atom is 0.220 e. The van der Waals surface area contributed by atoms with Crippen molar-refractivity contribution in [3.8, 4) is 5.75 Å².